The van der Waals surface area contributed by atoms with Crippen molar-refractivity contribution < 1.29 is 4.79 Å². The van der Waals surface area contributed by atoms with Crippen LogP contribution in [0.5, 0.6) is 0 Å². The number of carbonyl (C=O) groups excluding carboxylic acids is 1. The van der Waals surface area contributed by atoms with Crippen LogP contribution >= 0.6 is 0 Å². The molecule has 0 aromatic carbocycles. The molecule has 3 heterocycles. The third-order valence-electron chi connectivity index (χ3n) is 5.18. The van der Waals surface area contributed by atoms with Crippen LogP contribution in [0.2, 0.25) is 0 Å². The zero-order chi connectivity index (χ0) is 16.5. The van der Waals surface area contributed by atoms with Gasteiger partial charge in [-0.2, -0.15) is 0 Å². The molecule has 2 aromatic rings. The summed E-state index contributed by atoms with van der Waals surface area (Å²) in [6.07, 6.45) is 8.88. The third kappa shape index (κ3) is 2.77. The van der Waals surface area contributed by atoms with E-state index in [1.54, 1.807) is 6.33 Å². The summed E-state index contributed by atoms with van der Waals surface area (Å²) in [5.41, 5.74) is 3.00. The monoisotopic (exact) mass is 325 g/mol. The molecule has 1 N–H and O–H groups in total. The molecule has 6 heteroatoms. The molecule has 0 radical (unpaired) electrons. The predicted octanol–water partition coefficient (Wildman–Crippen LogP) is 2.02. The molecule has 24 heavy (non-hydrogen) atoms. The molecule has 0 saturated heterocycles. The number of hydrogen-bond acceptors (Lipinski definition) is 4. The minimum atomic E-state index is 0.0942. The van der Waals surface area contributed by atoms with E-state index in [1.165, 1.54) is 24.8 Å². The van der Waals surface area contributed by atoms with Gasteiger partial charge in [0.1, 0.15) is 17.8 Å². The predicted molar refractivity (Wildman–Crippen MR) is 92.0 cm³/mol. The molecule has 1 fully saturated rings. The molecule has 126 valence electrons. The number of aromatic nitrogens is 3. The van der Waals surface area contributed by atoms with Gasteiger partial charge in [-0.1, -0.05) is 0 Å². The molecular weight excluding hydrogens is 302 g/mol. The number of aryl methyl sites for hydroxylation is 1. The molecule has 0 bridgehead atoms. The second kappa shape index (κ2) is 6.26. The van der Waals surface area contributed by atoms with Gasteiger partial charge < -0.3 is 14.8 Å². The number of amides is 1. The molecule has 6 nitrogen and oxygen atoms in total. The highest BCUT2D eigenvalue weighted by Gasteiger charge is 2.25. The van der Waals surface area contributed by atoms with Crippen molar-refractivity contribution in [1.82, 2.24) is 19.4 Å². The number of carbonyl (C=O) groups is 1. The molecule has 0 spiro atoms. The number of fused-ring (bicyclic) bond motifs is 1. The van der Waals surface area contributed by atoms with E-state index in [-0.39, 0.29) is 5.91 Å². The first-order valence-corrected chi connectivity index (χ1v) is 8.72. The maximum absolute atomic E-state index is 12.8. The first kappa shape index (κ1) is 15.2. The third-order valence-corrected chi connectivity index (χ3v) is 5.18. The van der Waals surface area contributed by atoms with Crippen LogP contribution in [0.4, 0.5) is 5.82 Å². The van der Waals surface area contributed by atoms with Gasteiger partial charge >= 0.3 is 0 Å². The van der Waals surface area contributed by atoms with Gasteiger partial charge in [0.15, 0.2) is 0 Å². The van der Waals surface area contributed by atoms with E-state index < -0.39 is 0 Å². The van der Waals surface area contributed by atoms with Crippen molar-refractivity contribution in [2.24, 2.45) is 7.05 Å². The van der Waals surface area contributed by atoms with Crippen LogP contribution in [0.25, 0.3) is 0 Å². The molecule has 1 amide bonds. The van der Waals surface area contributed by atoms with E-state index in [0.717, 1.165) is 30.0 Å². The standard InChI is InChI=1S/C18H23N5O/c1-22-9-3-6-16(22)18(24)23-10-7-14-15(8-11-23)19-12-20-17(14)21-13-4-2-5-13/h3,6,9,12-13H,2,4-5,7-8,10-11H2,1H3,(H,19,20,21). The summed E-state index contributed by atoms with van der Waals surface area (Å²) in [5.74, 6) is 1.06. The molecule has 1 aliphatic carbocycles. The lowest BCUT2D eigenvalue weighted by molar-refractivity contribution is 0.0753. The van der Waals surface area contributed by atoms with Crippen molar-refractivity contribution >= 4 is 11.7 Å². The Morgan fingerprint density at radius 3 is 2.79 bits per heavy atom. The maximum Gasteiger partial charge on any atom is 0.270 e. The van der Waals surface area contributed by atoms with E-state index in [2.05, 4.69) is 15.3 Å². The lowest BCUT2D eigenvalue weighted by Crippen LogP contribution is -2.34. The van der Waals surface area contributed by atoms with E-state index >= 15 is 0 Å². The molecule has 0 unspecified atom stereocenters. The first-order chi connectivity index (χ1) is 11.7. The maximum atomic E-state index is 12.8. The molecule has 1 saturated carbocycles. The smallest absolute Gasteiger partial charge is 0.270 e. The molecular formula is C18H23N5O. The lowest BCUT2D eigenvalue weighted by atomic mass is 9.93. The highest BCUT2D eigenvalue weighted by molar-refractivity contribution is 5.92. The summed E-state index contributed by atoms with van der Waals surface area (Å²) < 4.78 is 1.88. The Balaban J connectivity index is 1.52. The lowest BCUT2D eigenvalue weighted by Gasteiger charge is -2.28. The second-order valence-electron chi connectivity index (χ2n) is 6.72. The second-order valence-corrected chi connectivity index (χ2v) is 6.72. The number of rotatable bonds is 3. The summed E-state index contributed by atoms with van der Waals surface area (Å²) >= 11 is 0. The van der Waals surface area contributed by atoms with Crippen LogP contribution in [0.3, 0.4) is 0 Å². The molecule has 2 aromatic heterocycles. The van der Waals surface area contributed by atoms with Crippen molar-refractivity contribution in [2.45, 2.75) is 38.1 Å². The Kier molecular flexibility index (Phi) is 3.96. The van der Waals surface area contributed by atoms with Gasteiger partial charge in [-0.3, -0.25) is 4.79 Å². The van der Waals surface area contributed by atoms with E-state index in [9.17, 15) is 4.79 Å². The Morgan fingerprint density at radius 1 is 1.25 bits per heavy atom. The zero-order valence-corrected chi connectivity index (χ0v) is 14.0. The molecule has 0 atom stereocenters. The number of hydrogen-bond donors (Lipinski definition) is 1. The fourth-order valence-corrected chi connectivity index (χ4v) is 3.45. The van der Waals surface area contributed by atoms with Gasteiger partial charge in [-0.05, 0) is 37.8 Å². The summed E-state index contributed by atoms with van der Waals surface area (Å²) in [4.78, 5) is 23.6. The Morgan fingerprint density at radius 2 is 2.08 bits per heavy atom. The summed E-state index contributed by atoms with van der Waals surface area (Å²) in [6.45, 7) is 1.42. The first-order valence-electron chi connectivity index (χ1n) is 8.72. The number of nitrogens with one attached hydrogen (secondary N) is 1. The van der Waals surface area contributed by atoms with Crippen molar-refractivity contribution in [3.05, 3.63) is 41.6 Å². The van der Waals surface area contributed by atoms with Gasteiger partial charge in [0.2, 0.25) is 0 Å². The van der Waals surface area contributed by atoms with Crippen molar-refractivity contribution in [2.75, 3.05) is 18.4 Å². The quantitative estimate of drug-likeness (QED) is 0.938. The van der Waals surface area contributed by atoms with Crippen LogP contribution in [-0.2, 0) is 19.9 Å². The van der Waals surface area contributed by atoms with E-state index in [1.807, 2.05) is 34.8 Å². The highest BCUT2D eigenvalue weighted by atomic mass is 16.2. The summed E-state index contributed by atoms with van der Waals surface area (Å²) in [6, 6.07) is 4.34. The van der Waals surface area contributed by atoms with Gasteiger partial charge in [-0.25, -0.2) is 9.97 Å². The SMILES string of the molecule is Cn1cccc1C(=O)N1CCc2ncnc(NC3CCC3)c2CC1. The Hall–Kier alpha value is -2.37. The highest BCUT2D eigenvalue weighted by Crippen LogP contribution is 2.26. The Labute approximate surface area is 141 Å². The van der Waals surface area contributed by atoms with Crippen molar-refractivity contribution in [3.63, 3.8) is 0 Å². The minimum absolute atomic E-state index is 0.0942. The normalized spacial score (nSPS) is 17.8. The minimum Gasteiger partial charge on any atom is -0.367 e. The molecule has 2 aliphatic rings. The van der Waals surface area contributed by atoms with E-state index in [0.29, 0.717) is 19.1 Å². The average Bonchev–Trinajstić information content (AvgIpc) is 2.85. The molecule has 4 rings (SSSR count). The van der Waals surface area contributed by atoms with Crippen LogP contribution in [0.1, 0.15) is 41.0 Å². The fourth-order valence-electron chi connectivity index (χ4n) is 3.45. The average molecular weight is 325 g/mol. The van der Waals surface area contributed by atoms with Crippen LogP contribution < -0.4 is 5.32 Å². The van der Waals surface area contributed by atoms with Crippen molar-refractivity contribution in [3.8, 4) is 0 Å². The van der Waals surface area contributed by atoms with Gasteiger partial charge in [0.05, 0.1) is 5.69 Å². The Bertz CT molecular complexity index is 750. The van der Waals surface area contributed by atoms with E-state index in [4.69, 9.17) is 0 Å². The van der Waals surface area contributed by atoms with Crippen LogP contribution in [0.15, 0.2) is 24.7 Å². The van der Waals surface area contributed by atoms with Crippen LogP contribution in [-0.4, -0.2) is 44.5 Å². The largest absolute Gasteiger partial charge is 0.367 e. The van der Waals surface area contributed by atoms with Gasteiger partial charge in [-0.15, -0.1) is 0 Å². The van der Waals surface area contributed by atoms with Gasteiger partial charge in [0, 0.05) is 44.4 Å². The fraction of sp³-hybridized carbons (Fsp3) is 0.500. The topological polar surface area (TPSA) is 63.1 Å². The zero-order valence-electron chi connectivity index (χ0n) is 14.0. The summed E-state index contributed by atoms with van der Waals surface area (Å²) in [5, 5.41) is 3.56. The number of anilines is 1. The number of nitrogens with zero attached hydrogens (tertiary/aromatic N) is 4. The van der Waals surface area contributed by atoms with Gasteiger partial charge in [0.25, 0.3) is 5.91 Å². The van der Waals surface area contributed by atoms with Crippen molar-refractivity contribution in [1.29, 1.82) is 0 Å². The molecule has 1 aliphatic heterocycles. The van der Waals surface area contributed by atoms with Crippen LogP contribution in [0, 0.1) is 0 Å². The summed E-state index contributed by atoms with van der Waals surface area (Å²) in [7, 11) is 1.91.